The van der Waals surface area contributed by atoms with Crippen molar-refractivity contribution in [2.75, 3.05) is 0 Å². The second kappa shape index (κ2) is 6.04. The van der Waals surface area contributed by atoms with Crippen LogP contribution in [0.1, 0.15) is 5.56 Å². The van der Waals surface area contributed by atoms with Gasteiger partial charge in [0.2, 0.25) is 0 Å². The third-order valence-electron chi connectivity index (χ3n) is 1.39. The maximum Gasteiger partial charge on any atom is 0.186 e. The molecule has 0 radical (unpaired) electrons. The lowest BCUT2D eigenvalue weighted by Gasteiger charge is -1.99. The second-order valence-corrected chi connectivity index (χ2v) is 3.49. The summed E-state index contributed by atoms with van der Waals surface area (Å²) in [7, 11) is 0. The van der Waals surface area contributed by atoms with E-state index >= 15 is 0 Å². The van der Waals surface area contributed by atoms with Gasteiger partial charge >= 0.3 is 0 Å². The average molecular weight is 312 g/mol. The van der Waals surface area contributed by atoms with E-state index in [0.717, 1.165) is 5.56 Å². The van der Waals surface area contributed by atoms with Crippen molar-refractivity contribution in [3.63, 3.8) is 0 Å². The summed E-state index contributed by atoms with van der Waals surface area (Å²) in [6.07, 6.45) is 0. The zero-order valence-corrected chi connectivity index (χ0v) is 9.88. The van der Waals surface area contributed by atoms with Gasteiger partial charge in [-0.15, -0.1) is 12.4 Å². The Morgan fingerprint density at radius 3 is 2.46 bits per heavy atom. The number of benzene rings is 1. The molecule has 0 aromatic heterocycles. The minimum Gasteiger partial charge on any atom is -0.370 e. The maximum absolute atomic E-state index is 5.22. The van der Waals surface area contributed by atoms with E-state index < -0.39 is 0 Å². The van der Waals surface area contributed by atoms with Gasteiger partial charge in [-0.05, 0) is 34.2 Å². The molecule has 0 atom stereocenters. The summed E-state index contributed by atoms with van der Waals surface area (Å²) in [4.78, 5) is 3.92. The lowest BCUT2D eigenvalue weighted by atomic mass is 10.2. The van der Waals surface area contributed by atoms with Crippen LogP contribution in [0.15, 0.2) is 29.3 Å². The van der Waals surface area contributed by atoms with Gasteiger partial charge in [0, 0.05) is 3.57 Å². The van der Waals surface area contributed by atoms with E-state index in [1.807, 2.05) is 24.3 Å². The molecular weight excluding hydrogens is 300 g/mol. The summed E-state index contributed by atoms with van der Waals surface area (Å²) in [6, 6.07) is 7.99. The zero-order valence-electron chi connectivity index (χ0n) is 6.90. The Morgan fingerprint density at radius 1 is 1.31 bits per heavy atom. The van der Waals surface area contributed by atoms with Crippen molar-refractivity contribution in [3.8, 4) is 0 Å². The Balaban J connectivity index is 0.00000144. The molecular formula is C8H11ClIN3. The molecule has 0 aliphatic heterocycles. The van der Waals surface area contributed by atoms with E-state index in [-0.39, 0.29) is 18.4 Å². The van der Waals surface area contributed by atoms with Crippen molar-refractivity contribution in [3.05, 3.63) is 33.4 Å². The van der Waals surface area contributed by atoms with Crippen LogP contribution in [0.25, 0.3) is 0 Å². The molecule has 0 amide bonds. The highest BCUT2D eigenvalue weighted by atomic mass is 127. The standard InChI is InChI=1S/C8H10IN3.ClH/c9-7-4-2-1-3-6(7)5-12-8(10)11;/h1-4H,5H2,(H4,10,11,12);1H. The Bertz CT molecular complexity index is 297. The van der Waals surface area contributed by atoms with Gasteiger partial charge in [0.15, 0.2) is 5.96 Å². The summed E-state index contributed by atoms with van der Waals surface area (Å²) < 4.78 is 1.18. The molecule has 13 heavy (non-hydrogen) atoms. The fourth-order valence-corrected chi connectivity index (χ4v) is 1.36. The number of nitrogens with two attached hydrogens (primary N) is 2. The van der Waals surface area contributed by atoms with Gasteiger partial charge < -0.3 is 11.5 Å². The third-order valence-corrected chi connectivity index (χ3v) is 2.44. The monoisotopic (exact) mass is 311 g/mol. The summed E-state index contributed by atoms with van der Waals surface area (Å²) in [5.74, 6) is 0.134. The van der Waals surface area contributed by atoms with Crippen molar-refractivity contribution >= 4 is 41.0 Å². The molecule has 0 unspecified atom stereocenters. The average Bonchev–Trinajstić information content (AvgIpc) is 2.03. The molecule has 1 aromatic rings. The van der Waals surface area contributed by atoms with Crippen LogP contribution in [-0.4, -0.2) is 5.96 Å². The van der Waals surface area contributed by atoms with E-state index in [4.69, 9.17) is 11.5 Å². The largest absolute Gasteiger partial charge is 0.370 e. The zero-order chi connectivity index (χ0) is 8.97. The normalized spacial score (nSPS) is 8.69. The first kappa shape index (κ1) is 12.5. The van der Waals surface area contributed by atoms with Crippen molar-refractivity contribution in [1.82, 2.24) is 0 Å². The minimum atomic E-state index is 0. The number of guanidine groups is 1. The van der Waals surface area contributed by atoms with Crippen molar-refractivity contribution < 1.29 is 0 Å². The summed E-state index contributed by atoms with van der Waals surface area (Å²) in [5, 5.41) is 0. The Kier molecular flexibility index (Phi) is 5.81. The highest BCUT2D eigenvalue weighted by Gasteiger charge is 1.95. The van der Waals surface area contributed by atoms with Crippen LogP contribution in [0, 0.1) is 3.57 Å². The highest BCUT2D eigenvalue weighted by Crippen LogP contribution is 2.11. The minimum absolute atomic E-state index is 0. The fourth-order valence-electron chi connectivity index (χ4n) is 0.803. The first-order valence-corrected chi connectivity index (χ1v) is 4.57. The van der Waals surface area contributed by atoms with Crippen LogP contribution in [0.4, 0.5) is 0 Å². The molecule has 3 nitrogen and oxygen atoms in total. The molecule has 0 bridgehead atoms. The third kappa shape index (κ3) is 4.33. The number of hydrogen-bond acceptors (Lipinski definition) is 1. The molecule has 1 rings (SSSR count). The molecule has 5 heteroatoms. The van der Waals surface area contributed by atoms with Gasteiger partial charge in [-0.3, -0.25) is 0 Å². The van der Waals surface area contributed by atoms with Crippen molar-refractivity contribution in [2.24, 2.45) is 16.5 Å². The smallest absolute Gasteiger partial charge is 0.186 e. The summed E-state index contributed by atoms with van der Waals surface area (Å²) in [6.45, 7) is 0.557. The SMILES string of the molecule is Cl.NC(N)=NCc1ccccc1I. The van der Waals surface area contributed by atoms with E-state index in [9.17, 15) is 0 Å². The van der Waals surface area contributed by atoms with Crippen molar-refractivity contribution in [2.45, 2.75) is 6.54 Å². The molecule has 0 spiro atoms. The van der Waals surface area contributed by atoms with Crippen LogP contribution >= 0.6 is 35.0 Å². The van der Waals surface area contributed by atoms with E-state index in [2.05, 4.69) is 27.6 Å². The van der Waals surface area contributed by atoms with Crippen LogP contribution in [0.2, 0.25) is 0 Å². The molecule has 1 aromatic carbocycles. The number of aliphatic imine (C=N–C) groups is 1. The molecule has 4 N–H and O–H groups in total. The van der Waals surface area contributed by atoms with E-state index in [1.54, 1.807) is 0 Å². The molecule has 0 fully saturated rings. The summed E-state index contributed by atoms with van der Waals surface area (Å²) >= 11 is 2.26. The predicted molar refractivity (Wildman–Crippen MR) is 65.9 cm³/mol. The van der Waals surface area contributed by atoms with Crippen LogP contribution in [0.5, 0.6) is 0 Å². The first-order valence-electron chi connectivity index (χ1n) is 3.49. The predicted octanol–water partition coefficient (Wildman–Crippen LogP) is 1.49. The molecule has 0 saturated carbocycles. The van der Waals surface area contributed by atoms with Gasteiger partial charge in [-0.25, -0.2) is 4.99 Å². The van der Waals surface area contributed by atoms with Crippen LogP contribution in [-0.2, 0) is 6.54 Å². The molecule has 0 aliphatic rings. The number of nitrogens with zero attached hydrogens (tertiary/aromatic N) is 1. The molecule has 0 saturated heterocycles. The quantitative estimate of drug-likeness (QED) is 0.494. The summed E-state index contributed by atoms with van der Waals surface area (Å²) in [5.41, 5.74) is 11.6. The van der Waals surface area contributed by atoms with Crippen LogP contribution in [0.3, 0.4) is 0 Å². The van der Waals surface area contributed by atoms with Crippen LogP contribution < -0.4 is 11.5 Å². The Labute approximate surface area is 97.2 Å². The Hall–Kier alpha value is -0.490. The van der Waals surface area contributed by atoms with E-state index in [0.29, 0.717) is 6.54 Å². The molecule has 72 valence electrons. The number of hydrogen-bond donors (Lipinski definition) is 2. The fraction of sp³-hybridized carbons (Fsp3) is 0.125. The van der Waals surface area contributed by atoms with Crippen molar-refractivity contribution in [1.29, 1.82) is 0 Å². The topological polar surface area (TPSA) is 64.4 Å². The second-order valence-electron chi connectivity index (χ2n) is 2.33. The Morgan fingerprint density at radius 2 is 1.92 bits per heavy atom. The number of halogens is 2. The van der Waals surface area contributed by atoms with Gasteiger partial charge in [0.05, 0.1) is 6.54 Å². The lowest BCUT2D eigenvalue weighted by Crippen LogP contribution is -2.22. The number of rotatable bonds is 2. The maximum atomic E-state index is 5.22. The van der Waals surface area contributed by atoms with Gasteiger partial charge in [-0.2, -0.15) is 0 Å². The van der Waals surface area contributed by atoms with Gasteiger partial charge in [-0.1, -0.05) is 18.2 Å². The van der Waals surface area contributed by atoms with Gasteiger partial charge in [0.1, 0.15) is 0 Å². The van der Waals surface area contributed by atoms with E-state index in [1.165, 1.54) is 3.57 Å². The highest BCUT2D eigenvalue weighted by molar-refractivity contribution is 14.1. The molecule has 0 aliphatic carbocycles. The molecule has 0 heterocycles. The van der Waals surface area contributed by atoms with Gasteiger partial charge in [0.25, 0.3) is 0 Å². The lowest BCUT2D eigenvalue weighted by molar-refractivity contribution is 1.04. The first-order chi connectivity index (χ1) is 5.70.